The molecule has 3 rings (SSSR count). The first kappa shape index (κ1) is 21.9. The Balaban J connectivity index is 1.85. The monoisotopic (exact) mass is 430 g/mol. The van der Waals surface area contributed by atoms with Crippen LogP contribution < -0.4 is 19.8 Å². The molecule has 0 aliphatic carbocycles. The van der Waals surface area contributed by atoms with Crippen LogP contribution in [0.2, 0.25) is 0 Å². The van der Waals surface area contributed by atoms with Crippen LogP contribution in [0.5, 0.6) is 11.5 Å². The molecule has 0 aliphatic heterocycles. The lowest BCUT2D eigenvalue weighted by Crippen LogP contribution is -2.28. The number of rotatable bonds is 7. The van der Waals surface area contributed by atoms with Gasteiger partial charge < -0.3 is 14.5 Å². The third kappa shape index (κ3) is 4.20. The van der Waals surface area contributed by atoms with Gasteiger partial charge in [-0.15, -0.1) is 0 Å². The zero-order valence-electron chi connectivity index (χ0n) is 17.8. The number of aryl methyl sites for hydroxylation is 3. The summed E-state index contributed by atoms with van der Waals surface area (Å²) in [7, 11) is -0.807. The minimum atomic E-state index is -3.79. The van der Waals surface area contributed by atoms with E-state index < -0.39 is 10.0 Å². The van der Waals surface area contributed by atoms with Crippen molar-refractivity contribution in [2.75, 3.05) is 20.8 Å². The lowest BCUT2D eigenvalue weighted by atomic mass is 10.1. The van der Waals surface area contributed by atoms with Crippen LogP contribution in [-0.2, 0) is 16.4 Å². The Morgan fingerprint density at radius 1 is 0.933 bits per heavy atom. The molecule has 0 amide bonds. The van der Waals surface area contributed by atoms with Crippen molar-refractivity contribution in [3.8, 4) is 11.5 Å². The van der Waals surface area contributed by atoms with Crippen molar-refractivity contribution >= 4 is 20.9 Å². The van der Waals surface area contributed by atoms with E-state index in [0.29, 0.717) is 16.8 Å². The van der Waals surface area contributed by atoms with Crippen LogP contribution in [0.4, 0.5) is 0 Å². The second-order valence-corrected chi connectivity index (χ2v) is 8.97. The van der Waals surface area contributed by atoms with Crippen LogP contribution in [0.15, 0.2) is 40.0 Å². The van der Waals surface area contributed by atoms with Gasteiger partial charge in [0.25, 0.3) is 5.56 Å². The molecule has 30 heavy (non-hydrogen) atoms. The molecule has 160 valence electrons. The van der Waals surface area contributed by atoms with Crippen molar-refractivity contribution in [2.24, 2.45) is 0 Å². The van der Waals surface area contributed by atoms with Crippen LogP contribution in [0.1, 0.15) is 22.3 Å². The Kier molecular flexibility index (Phi) is 6.19. The molecule has 8 heteroatoms. The van der Waals surface area contributed by atoms with E-state index in [1.807, 2.05) is 26.8 Å². The molecule has 0 fully saturated rings. The van der Waals surface area contributed by atoms with Gasteiger partial charge in [-0.25, -0.2) is 13.1 Å². The van der Waals surface area contributed by atoms with Gasteiger partial charge in [0.15, 0.2) is 0 Å². The van der Waals surface area contributed by atoms with Crippen molar-refractivity contribution in [2.45, 2.75) is 32.1 Å². The van der Waals surface area contributed by atoms with Crippen LogP contribution in [0.25, 0.3) is 10.9 Å². The average Bonchev–Trinajstić information content (AvgIpc) is 2.70. The zero-order chi connectivity index (χ0) is 22.1. The van der Waals surface area contributed by atoms with Crippen LogP contribution in [0, 0.1) is 20.8 Å². The number of fused-ring (bicyclic) bond motifs is 1. The summed E-state index contributed by atoms with van der Waals surface area (Å²) >= 11 is 0. The molecule has 1 aromatic heterocycles. The van der Waals surface area contributed by atoms with E-state index in [-0.39, 0.29) is 29.2 Å². The summed E-state index contributed by atoms with van der Waals surface area (Å²) in [5.41, 5.74) is 3.64. The van der Waals surface area contributed by atoms with Gasteiger partial charge in [0.2, 0.25) is 10.0 Å². The minimum Gasteiger partial charge on any atom is -0.495 e. The van der Waals surface area contributed by atoms with Crippen molar-refractivity contribution in [3.05, 3.63) is 62.9 Å². The van der Waals surface area contributed by atoms with Crippen molar-refractivity contribution in [1.29, 1.82) is 0 Å². The molecule has 7 nitrogen and oxygen atoms in total. The molecule has 0 atom stereocenters. The predicted octanol–water partition coefficient (Wildman–Crippen LogP) is 2.99. The molecule has 0 spiro atoms. The van der Waals surface area contributed by atoms with E-state index in [9.17, 15) is 13.2 Å². The fourth-order valence-corrected chi connectivity index (χ4v) is 4.60. The normalized spacial score (nSPS) is 11.6. The molecule has 0 bridgehead atoms. The molecule has 1 heterocycles. The maximum absolute atomic E-state index is 12.8. The number of pyridine rings is 1. The largest absolute Gasteiger partial charge is 0.495 e. The minimum absolute atomic E-state index is 0.0794. The van der Waals surface area contributed by atoms with Crippen LogP contribution in [-0.4, -0.2) is 34.2 Å². The van der Waals surface area contributed by atoms with E-state index in [2.05, 4.69) is 9.71 Å². The number of sulfonamides is 1. The maximum atomic E-state index is 12.8. The Morgan fingerprint density at radius 2 is 1.60 bits per heavy atom. The van der Waals surface area contributed by atoms with Gasteiger partial charge in [-0.1, -0.05) is 6.07 Å². The highest BCUT2D eigenvalue weighted by Crippen LogP contribution is 2.28. The third-order valence-corrected chi connectivity index (χ3v) is 6.73. The second kappa shape index (κ2) is 8.49. The summed E-state index contributed by atoms with van der Waals surface area (Å²) in [6.45, 7) is 5.76. The summed E-state index contributed by atoms with van der Waals surface area (Å²) in [6, 6.07) is 8.80. The Hall–Kier alpha value is -2.84. The second-order valence-electron chi connectivity index (χ2n) is 7.23. The van der Waals surface area contributed by atoms with E-state index in [4.69, 9.17) is 9.47 Å². The fourth-order valence-electron chi connectivity index (χ4n) is 3.34. The Bertz CT molecular complexity index is 1260. The van der Waals surface area contributed by atoms with Gasteiger partial charge >= 0.3 is 0 Å². The molecule has 0 radical (unpaired) electrons. The number of nitrogens with one attached hydrogen (secondary N) is 2. The fraction of sp³-hybridized carbons (Fsp3) is 0.318. The first-order valence-electron chi connectivity index (χ1n) is 9.52. The topological polar surface area (TPSA) is 97.5 Å². The highest BCUT2D eigenvalue weighted by atomic mass is 32.2. The molecular weight excluding hydrogens is 404 g/mol. The van der Waals surface area contributed by atoms with E-state index in [0.717, 1.165) is 22.1 Å². The summed E-state index contributed by atoms with van der Waals surface area (Å²) < 4.78 is 38.8. The van der Waals surface area contributed by atoms with Crippen molar-refractivity contribution < 1.29 is 17.9 Å². The molecular formula is C22H26N2O5S. The smallest absolute Gasteiger partial charge is 0.251 e. The third-order valence-electron chi connectivity index (χ3n) is 5.25. The standard InChI is InChI=1S/C22H26N2O5S/c1-13-6-7-18(28-4)21-17(13)12-16(22(25)24-21)8-9-23-30(26,27)20-11-15(3)14(2)10-19(20)29-5/h6-7,10-12,23H,8-9H2,1-5H3,(H,24,25). The lowest BCUT2D eigenvalue weighted by Gasteiger charge is -2.13. The highest BCUT2D eigenvalue weighted by Gasteiger charge is 2.20. The molecule has 0 aliphatic rings. The molecule has 2 aromatic carbocycles. The van der Waals surface area contributed by atoms with Crippen molar-refractivity contribution in [3.63, 3.8) is 0 Å². The van der Waals surface area contributed by atoms with Gasteiger partial charge in [-0.2, -0.15) is 0 Å². The summed E-state index contributed by atoms with van der Waals surface area (Å²) in [5.74, 6) is 0.874. The summed E-state index contributed by atoms with van der Waals surface area (Å²) in [5, 5.41) is 0.864. The molecule has 2 N–H and O–H groups in total. The quantitative estimate of drug-likeness (QED) is 0.601. The lowest BCUT2D eigenvalue weighted by molar-refractivity contribution is 0.402. The molecule has 0 saturated heterocycles. The average molecular weight is 431 g/mol. The van der Waals surface area contributed by atoms with Gasteiger partial charge in [0, 0.05) is 17.5 Å². The van der Waals surface area contributed by atoms with Gasteiger partial charge in [0.1, 0.15) is 16.4 Å². The number of benzene rings is 2. The number of methoxy groups -OCH3 is 2. The van der Waals surface area contributed by atoms with Crippen LogP contribution in [0.3, 0.4) is 0 Å². The molecule has 3 aromatic rings. The SMILES string of the molecule is COc1cc(C)c(C)cc1S(=O)(=O)NCCc1cc2c(C)ccc(OC)c2[nH]c1=O. The van der Waals surface area contributed by atoms with Gasteiger partial charge in [0.05, 0.1) is 19.7 Å². The maximum Gasteiger partial charge on any atom is 0.251 e. The predicted molar refractivity (Wildman–Crippen MR) is 117 cm³/mol. The number of aromatic amines is 1. The summed E-state index contributed by atoms with van der Waals surface area (Å²) in [4.78, 5) is 15.4. The number of hydrogen-bond donors (Lipinski definition) is 2. The van der Waals surface area contributed by atoms with Gasteiger partial charge in [-0.05, 0) is 68.1 Å². The first-order chi connectivity index (χ1) is 14.2. The van der Waals surface area contributed by atoms with Crippen LogP contribution >= 0.6 is 0 Å². The molecule has 0 unspecified atom stereocenters. The number of hydrogen-bond acceptors (Lipinski definition) is 5. The highest BCUT2D eigenvalue weighted by molar-refractivity contribution is 7.89. The number of H-pyrrole nitrogens is 1. The van der Waals surface area contributed by atoms with E-state index in [1.165, 1.54) is 7.11 Å². The first-order valence-corrected chi connectivity index (χ1v) is 11.0. The number of ether oxygens (including phenoxy) is 2. The summed E-state index contributed by atoms with van der Waals surface area (Å²) in [6.07, 6.45) is 0.244. The van der Waals surface area contributed by atoms with Gasteiger partial charge in [-0.3, -0.25) is 4.79 Å². The van der Waals surface area contributed by atoms with E-state index in [1.54, 1.807) is 31.4 Å². The zero-order valence-corrected chi connectivity index (χ0v) is 18.6. The van der Waals surface area contributed by atoms with Crippen molar-refractivity contribution in [1.82, 2.24) is 9.71 Å². The van der Waals surface area contributed by atoms with E-state index >= 15 is 0 Å². The number of aromatic nitrogens is 1. The molecule has 0 saturated carbocycles. The Labute approximate surface area is 176 Å². The Morgan fingerprint density at radius 3 is 2.27 bits per heavy atom.